The molecule has 0 fully saturated rings. The molecule has 2 aromatic heterocycles. The van der Waals surface area contributed by atoms with Gasteiger partial charge in [0.25, 0.3) is 0 Å². The summed E-state index contributed by atoms with van der Waals surface area (Å²) in [7, 11) is 1.37. The summed E-state index contributed by atoms with van der Waals surface area (Å²) in [6, 6.07) is 11.1. The molecule has 1 aromatic carbocycles. The van der Waals surface area contributed by atoms with Crippen LogP contribution in [-0.2, 0) is 4.74 Å². The van der Waals surface area contributed by atoms with Crippen LogP contribution in [0.5, 0.6) is 0 Å². The molecule has 0 spiro atoms. The molecule has 0 radical (unpaired) electrons. The number of methoxy groups -OCH3 is 1. The van der Waals surface area contributed by atoms with E-state index < -0.39 is 0 Å². The van der Waals surface area contributed by atoms with Gasteiger partial charge in [0.05, 0.1) is 18.4 Å². The average Bonchev–Trinajstić information content (AvgIpc) is 2.89. The topological polar surface area (TPSA) is 43.6 Å². The fourth-order valence-corrected chi connectivity index (χ4v) is 2.35. The third kappa shape index (κ3) is 2.32. The van der Waals surface area contributed by atoms with Gasteiger partial charge < -0.3 is 9.14 Å². The molecule has 0 bridgehead atoms. The first kappa shape index (κ1) is 12.9. The minimum absolute atomic E-state index is 0.338. The van der Waals surface area contributed by atoms with Gasteiger partial charge in [0.2, 0.25) is 0 Å². The first-order valence-corrected chi connectivity index (χ1v) is 6.80. The van der Waals surface area contributed by atoms with Crippen molar-refractivity contribution < 1.29 is 9.53 Å². The molecule has 0 unspecified atom stereocenters. The molecule has 3 rings (SSSR count). The zero-order valence-electron chi connectivity index (χ0n) is 10.7. The number of hydrogen-bond acceptors (Lipinski definition) is 3. The zero-order valence-corrected chi connectivity index (χ0v) is 12.3. The Labute approximate surface area is 124 Å². The molecule has 0 aliphatic carbocycles. The Balaban J connectivity index is 2.00. The maximum atomic E-state index is 11.4. The van der Waals surface area contributed by atoms with Crippen LogP contribution in [-0.4, -0.2) is 22.5 Å². The SMILES string of the molecule is COC(=O)c1ccc(-c2cn3cc(Br)ccc3n2)cc1. The molecule has 5 heteroatoms. The van der Waals surface area contributed by atoms with Crippen molar-refractivity contribution in [1.82, 2.24) is 9.38 Å². The van der Waals surface area contributed by atoms with E-state index in [1.54, 1.807) is 12.1 Å². The number of hydrogen-bond donors (Lipinski definition) is 0. The predicted molar refractivity (Wildman–Crippen MR) is 79.7 cm³/mol. The summed E-state index contributed by atoms with van der Waals surface area (Å²) < 4.78 is 7.63. The van der Waals surface area contributed by atoms with E-state index >= 15 is 0 Å². The Bertz CT molecular complexity index is 778. The summed E-state index contributed by atoms with van der Waals surface area (Å²) in [4.78, 5) is 15.9. The molecular formula is C15H11BrN2O2. The van der Waals surface area contributed by atoms with Crippen molar-refractivity contribution in [3.63, 3.8) is 0 Å². The molecule has 0 saturated heterocycles. The number of esters is 1. The van der Waals surface area contributed by atoms with E-state index in [2.05, 4.69) is 25.7 Å². The number of halogens is 1. The summed E-state index contributed by atoms with van der Waals surface area (Å²) in [5, 5.41) is 0. The van der Waals surface area contributed by atoms with Crippen LogP contribution in [0.25, 0.3) is 16.9 Å². The number of aromatic nitrogens is 2. The summed E-state index contributed by atoms with van der Waals surface area (Å²) >= 11 is 3.43. The van der Waals surface area contributed by atoms with E-state index in [1.807, 2.05) is 41.1 Å². The highest BCUT2D eigenvalue weighted by atomic mass is 79.9. The number of ether oxygens (including phenoxy) is 1. The third-order valence-corrected chi connectivity index (χ3v) is 3.49. The van der Waals surface area contributed by atoms with E-state index in [-0.39, 0.29) is 5.97 Å². The summed E-state index contributed by atoms with van der Waals surface area (Å²) in [5.41, 5.74) is 3.22. The Morgan fingerprint density at radius 2 is 1.90 bits per heavy atom. The second kappa shape index (κ2) is 5.09. The lowest BCUT2D eigenvalue weighted by atomic mass is 10.1. The number of benzene rings is 1. The second-order valence-corrected chi connectivity index (χ2v) is 5.22. The van der Waals surface area contributed by atoms with Gasteiger partial charge in [-0.05, 0) is 40.2 Å². The molecule has 0 aliphatic heterocycles. The fraction of sp³-hybridized carbons (Fsp3) is 0.0667. The highest BCUT2D eigenvalue weighted by Gasteiger charge is 2.07. The van der Waals surface area contributed by atoms with E-state index in [0.717, 1.165) is 21.4 Å². The standard InChI is InChI=1S/C15H11BrN2O2/c1-20-15(19)11-4-2-10(3-5-11)13-9-18-8-12(16)6-7-14(18)17-13/h2-9H,1H3. The van der Waals surface area contributed by atoms with Gasteiger partial charge in [0.15, 0.2) is 0 Å². The normalized spacial score (nSPS) is 10.7. The van der Waals surface area contributed by atoms with Crippen LogP contribution in [0.15, 0.2) is 53.3 Å². The van der Waals surface area contributed by atoms with Crippen molar-refractivity contribution in [2.24, 2.45) is 0 Å². The van der Waals surface area contributed by atoms with Gasteiger partial charge in [-0.1, -0.05) is 12.1 Å². The van der Waals surface area contributed by atoms with Crippen LogP contribution >= 0.6 is 15.9 Å². The van der Waals surface area contributed by atoms with Gasteiger partial charge in [-0.2, -0.15) is 0 Å². The summed E-state index contributed by atoms with van der Waals surface area (Å²) in [6.45, 7) is 0. The lowest BCUT2D eigenvalue weighted by molar-refractivity contribution is 0.0601. The van der Waals surface area contributed by atoms with Gasteiger partial charge >= 0.3 is 5.97 Å². The van der Waals surface area contributed by atoms with E-state index in [4.69, 9.17) is 0 Å². The molecule has 0 atom stereocenters. The minimum Gasteiger partial charge on any atom is -0.465 e. The van der Waals surface area contributed by atoms with Crippen LogP contribution in [0.2, 0.25) is 0 Å². The largest absolute Gasteiger partial charge is 0.465 e. The Hall–Kier alpha value is -2.14. The Morgan fingerprint density at radius 1 is 1.15 bits per heavy atom. The summed E-state index contributed by atoms with van der Waals surface area (Å²) in [5.74, 6) is -0.338. The Kier molecular flexibility index (Phi) is 3.28. The lowest BCUT2D eigenvalue weighted by Crippen LogP contribution is -2.00. The quantitative estimate of drug-likeness (QED) is 0.675. The molecule has 4 nitrogen and oxygen atoms in total. The predicted octanol–water partition coefficient (Wildman–Crippen LogP) is 3.55. The van der Waals surface area contributed by atoms with Crippen molar-refractivity contribution in [2.45, 2.75) is 0 Å². The van der Waals surface area contributed by atoms with E-state index in [1.165, 1.54) is 7.11 Å². The molecule has 3 aromatic rings. The number of nitrogens with zero attached hydrogens (tertiary/aromatic N) is 2. The molecule has 0 amide bonds. The van der Waals surface area contributed by atoms with E-state index in [9.17, 15) is 4.79 Å². The fourth-order valence-electron chi connectivity index (χ4n) is 2.00. The maximum Gasteiger partial charge on any atom is 0.337 e. The first-order valence-electron chi connectivity index (χ1n) is 6.00. The van der Waals surface area contributed by atoms with Crippen LogP contribution in [0.1, 0.15) is 10.4 Å². The van der Waals surface area contributed by atoms with E-state index in [0.29, 0.717) is 5.56 Å². The number of pyridine rings is 1. The van der Waals surface area contributed by atoms with Gasteiger partial charge in [-0.25, -0.2) is 9.78 Å². The number of fused-ring (bicyclic) bond motifs is 1. The van der Waals surface area contributed by atoms with Crippen molar-refractivity contribution in [1.29, 1.82) is 0 Å². The average molecular weight is 331 g/mol. The highest BCUT2D eigenvalue weighted by molar-refractivity contribution is 9.10. The lowest BCUT2D eigenvalue weighted by Gasteiger charge is -2.00. The molecule has 0 aliphatic rings. The molecule has 100 valence electrons. The summed E-state index contributed by atoms with van der Waals surface area (Å²) in [6.07, 6.45) is 3.90. The van der Waals surface area contributed by atoms with Crippen molar-refractivity contribution in [3.05, 3.63) is 58.8 Å². The molecular weight excluding hydrogens is 320 g/mol. The monoisotopic (exact) mass is 330 g/mol. The van der Waals surface area contributed by atoms with Crippen LogP contribution in [0.4, 0.5) is 0 Å². The maximum absolute atomic E-state index is 11.4. The zero-order chi connectivity index (χ0) is 14.1. The number of carbonyl (C=O) groups is 1. The molecule has 0 N–H and O–H groups in total. The second-order valence-electron chi connectivity index (χ2n) is 4.31. The van der Waals surface area contributed by atoms with Crippen LogP contribution < -0.4 is 0 Å². The first-order chi connectivity index (χ1) is 9.67. The Morgan fingerprint density at radius 3 is 2.60 bits per heavy atom. The molecule has 2 heterocycles. The number of imidazole rings is 1. The van der Waals surface area contributed by atoms with Crippen molar-refractivity contribution in [3.8, 4) is 11.3 Å². The van der Waals surface area contributed by atoms with Gasteiger partial charge in [0, 0.05) is 22.4 Å². The minimum atomic E-state index is -0.338. The van der Waals surface area contributed by atoms with Crippen LogP contribution in [0, 0.1) is 0 Å². The van der Waals surface area contributed by atoms with Crippen molar-refractivity contribution in [2.75, 3.05) is 7.11 Å². The molecule has 20 heavy (non-hydrogen) atoms. The number of carbonyl (C=O) groups excluding carboxylic acids is 1. The molecule has 0 saturated carbocycles. The highest BCUT2D eigenvalue weighted by Crippen LogP contribution is 2.21. The third-order valence-electron chi connectivity index (χ3n) is 3.02. The number of rotatable bonds is 2. The van der Waals surface area contributed by atoms with Gasteiger partial charge in [0.1, 0.15) is 5.65 Å². The van der Waals surface area contributed by atoms with Crippen LogP contribution in [0.3, 0.4) is 0 Å². The smallest absolute Gasteiger partial charge is 0.337 e. The van der Waals surface area contributed by atoms with Gasteiger partial charge in [-0.3, -0.25) is 0 Å². The van der Waals surface area contributed by atoms with Gasteiger partial charge in [-0.15, -0.1) is 0 Å². The van der Waals surface area contributed by atoms with Crippen molar-refractivity contribution >= 4 is 27.5 Å².